The fourth-order valence-electron chi connectivity index (χ4n) is 8.87. The van der Waals surface area contributed by atoms with Crippen LogP contribution in [0.15, 0.2) is 231 Å². The molecule has 0 atom stereocenters. The highest BCUT2D eigenvalue weighted by molar-refractivity contribution is 6.25. The maximum Gasteiger partial charge on any atom is 0.0547 e. The summed E-state index contributed by atoms with van der Waals surface area (Å²) in [5.41, 5.74) is 14.0. The van der Waals surface area contributed by atoms with Crippen LogP contribution in [0.5, 0.6) is 0 Å². The molecule has 0 fully saturated rings. The zero-order chi connectivity index (χ0) is 38.4. The van der Waals surface area contributed by atoms with Crippen LogP contribution >= 0.6 is 0 Å². The van der Waals surface area contributed by atoms with Gasteiger partial charge in [0.2, 0.25) is 0 Å². The Morgan fingerprint density at radius 1 is 0.310 bits per heavy atom. The summed E-state index contributed by atoms with van der Waals surface area (Å²) >= 11 is 0. The number of anilines is 3. The molecule has 1 heterocycles. The molecule has 0 N–H and O–H groups in total. The van der Waals surface area contributed by atoms with E-state index in [4.69, 9.17) is 0 Å². The van der Waals surface area contributed by atoms with Gasteiger partial charge in [-0.1, -0.05) is 170 Å². The Kier molecular flexibility index (Phi) is 8.19. The molecule has 11 rings (SSSR count). The predicted octanol–water partition coefficient (Wildman–Crippen LogP) is 15.6. The fraction of sp³-hybridized carbons (Fsp3) is 0. The Bertz CT molecular complexity index is 3270. The molecule has 0 aliphatic carbocycles. The van der Waals surface area contributed by atoms with Crippen molar-refractivity contribution in [3.05, 3.63) is 231 Å². The van der Waals surface area contributed by atoms with Gasteiger partial charge in [0.05, 0.1) is 16.7 Å². The van der Waals surface area contributed by atoms with E-state index in [-0.39, 0.29) is 0 Å². The molecule has 0 spiro atoms. The third-order valence-electron chi connectivity index (χ3n) is 11.5. The Morgan fingerprint density at radius 2 is 0.931 bits per heavy atom. The lowest BCUT2D eigenvalue weighted by Gasteiger charge is -2.28. The second-order valence-electron chi connectivity index (χ2n) is 14.9. The molecule has 58 heavy (non-hydrogen) atoms. The SMILES string of the molecule is c1ccc(-c2ccccc2N(c2ccc(-c3ccc4ccccc4c3)cc2)c2cccc(-c3cccc4c3c3c5ccccc5ccc3n4-c3ccccc3)c2)cc1. The van der Waals surface area contributed by atoms with Crippen LogP contribution in [-0.2, 0) is 0 Å². The number of aromatic nitrogens is 1. The molecule has 0 amide bonds. The normalized spacial score (nSPS) is 11.4. The van der Waals surface area contributed by atoms with E-state index in [0.29, 0.717) is 0 Å². The molecular weight excluding hydrogens is 701 g/mol. The minimum absolute atomic E-state index is 1.09. The molecule has 0 aliphatic rings. The van der Waals surface area contributed by atoms with Crippen molar-refractivity contribution in [1.82, 2.24) is 4.57 Å². The van der Waals surface area contributed by atoms with Gasteiger partial charge in [-0.05, 0) is 110 Å². The van der Waals surface area contributed by atoms with Crippen molar-refractivity contribution in [2.45, 2.75) is 0 Å². The largest absolute Gasteiger partial charge is 0.310 e. The first kappa shape index (κ1) is 33.6. The third kappa shape index (κ3) is 5.74. The fourth-order valence-corrected chi connectivity index (χ4v) is 8.87. The summed E-state index contributed by atoms with van der Waals surface area (Å²) in [7, 11) is 0. The first-order chi connectivity index (χ1) is 28.8. The van der Waals surface area contributed by atoms with E-state index >= 15 is 0 Å². The molecule has 11 aromatic rings. The van der Waals surface area contributed by atoms with Crippen molar-refractivity contribution in [1.29, 1.82) is 0 Å². The van der Waals surface area contributed by atoms with E-state index in [1.54, 1.807) is 0 Å². The van der Waals surface area contributed by atoms with Gasteiger partial charge in [0.25, 0.3) is 0 Å². The van der Waals surface area contributed by atoms with Gasteiger partial charge in [0.1, 0.15) is 0 Å². The summed E-state index contributed by atoms with van der Waals surface area (Å²) in [5.74, 6) is 0. The average molecular weight is 739 g/mol. The summed E-state index contributed by atoms with van der Waals surface area (Å²) in [6, 6.07) is 83.7. The Hall–Kier alpha value is -7.68. The Morgan fingerprint density at radius 3 is 1.78 bits per heavy atom. The number of fused-ring (bicyclic) bond motifs is 6. The summed E-state index contributed by atoms with van der Waals surface area (Å²) in [4.78, 5) is 2.42. The number of nitrogens with zero attached hydrogens (tertiary/aromatic N) is 2. The quantitative estimate of drug-likeness (QED) is 0.158. The molecule has 0 aliphatic heterocycles. The van der Waals surface area contributed by atoms with Crippen molar-refractivity contribution < 1.29 is 0 Å². The topological polar surface area (TPSA) is 8.17 Å². The second kappa shape index (κ2) is 14.1. The van der Waals surface area contributed by atoms with Gasteiger partial charge in [-0.15, -0.1) is 0 Å². The van der Waals surface area contributed by atoms with E-state index < -0.39 is 0 Å². The van der Waals surface area contributed by atoms with E-state index in [9.17, 15) is 0 Å². The number of hydrogen-bond donors (Lipinski definition) is 0. The predicted molar refractivity (Wildman–Crippen MR) is 247 cm³/mol. The van der Waals surface area contributed by atoms with Crippen LogP contribution in [0.1, 0.15) is 0 Å². The minimum Gasteiger partial charge on any atom is -0.310 e. The van der Waals surface area contributed by atoms with Crippen molar-refractivity contribution in [2.24, 2.45) is 0 Å². The molecule has 0 radical (unpaired) electrons. The first-order valence-corrected chi connectivity index (χ1v) is 19.9. The van der Waals surface area contributed by atoms with E-state index in [1.807, 2.05) is 0 Å². The van der Waals surface area contributed by atoms with E-state index in [2.05, 4.69) is 240 Å². The number of hydrogen-bond acceptors (Lipinski definition) is 1. The van der Waals surface area contributed by atoms with E-state index in [1.165, 1.54) is 71.2 Å². The van der Waals surface area contributed by atoms with Crippen LogP contribution in [0.2, 0.25) is 0 Å². The summed E-state index contributed by atoms with van der Waals surface area (Å²) in [5, 5.41) is 7.52. The van der Waals surface area contributed by atoms with Crippen LogP contribution in [0.25, 0.3) is 82.4 Å². The summed E-state index contributed by atoms with van der Waals surface area (Å²) in [6.45, 7) is 0. The lowest BCUT2D eigenvalue weighted by molar-refractivity contribution is 1.18. The van der Waals surface area contributed by atoms with Crippen molar-refractivity contribution in [3.8, 4) is 39.1 Å². The van der Waals surface area contributed by atoms with E-state index in [0.717, 1.165) is 28.3 Å². The molecule has 0 saturated heterocycles. The Balaban J connectivity index is 1.12. The van der Waals surface area contributed by atoms with Crippen LogP contribution < -0.4 is 4.90 Å². The van der Waals surface area contributed by atoms with Gasteiger partial charge in [0.15, 0.2) is 0 Å². The monoisotopic (exact) mass is 738 g/mol. The first-order valence-electron chi connectivity index (χ1n) is 19.9. The molecule has 0 saturated carbocycles. The smallest absolute Gasteiger partial charge is 0.0547 e. The standard InChI is InChI=1S/C56H38N2/c1-3-16-41(17-4-1)49-24-11-12-27-52(49)57(47-34-31-40(32-35-47)44-30-29-39-15-7-8-19-43(39)37-44)48-23-13-20-45(38-48)51-26-14-28-53-56(51)55-50-25-10-9-18-42(50)33-36-54(55)58(53)46-21-5-2-6-22-46/h1-38H. The van der Waals surface area contributed by atoms with Gasteiger partial charge in [-0.2, -0.15) is 0 Å². The Labute approximate surface area is 338 Å². The molecular formula is C56H38N2. The highest BCUT2D eigenvalue weighted by atomic mass is 15.1. The van der Waals surface area contributed by atoms with Crippen LogP contribution in [0, 0.1) is 0 Å². The summed E-state index contributed by atoms with van der Waals surface area (Å²) in [6.07, 6.45) is 0. The lowest BCUT2D eigenvalue weighted by atomic mass is 9.96. The molecule has 10 aromatic carbocycles. The van der Waals surface area contributed by atoms with Gasteiger partial charge >= 0.3 is 0 Å². The highest BCUT2D eigenvalue weighted by Crippen LogP contribution is 2.45. The zero-order valence-corrected chi connectivity index (χ0v) is 31.8. The zero-order valence-electron chi connectivity index (χ0n) is 31.8. The van der Waals surface area contributed by atoms with Gasteiger partial charge in [-0.25, -0.2) is 0 Å². The van der Waals surface area contributed by atoms with Gasteiger partial charge in [0, 0.05) is 33.4 Å². The van der Waals surface area contributed by atoms with Gasteiger partial charge in [-0.3, -0.25) is 0 Å². The van der Waals surface area contributed by atoms with Crippen LogP contribution in [0.4, 0.5) is 17.1 Å². The van der Waals surface area contributed by atoms with Crippen molar-refractivity contribution in [3.63, 3.8) is 0 Å². The van der Waals surface area contributed by atoms with Crippen LogP contribution in [-0.4, -0.2) is 4.57 Å². The number of rotatable bonds is 7. The highest BCUT2D eigenvalue weighted by Gasteiger charge is 2.21. The lowest BCUT2D eigenvalue weighted by Crippen LogP contribution is -2.11. The number of benzene rings is 10. The molecule has 0 bridgehead atoms. The maximum atomic E-state index is 2.42. The minimum atomic E-state index is 1.09. The number of para-hydroxylation sites is 2. The molecule has 2 nitrogen and oxygen atoms in total. The van der Waals surface area contributed by atoms with Crippen LogP contribution in [0.3, 0.4) is 0 Å². The second-order valence-corrected chi connectivity index (χ2v) is 14.9. The van der Waals surface area contributed by atoms with Gasteiger partial charge < -0.3 is 9.47 Å². The summed E-state index contributed by atoms with van der Waals surface area (Å²) < 4.78 is 2.42. The maximum absolute atomic E-state index is 2.42. The molecule has 0 unspecified atom stereocenters. The molecule has 272 valence electrons. The molecule has 1 aromatic heterocycles. The van der Waals surface area contributed by atoms with Crippen molar-refractivity contribution >= 4 is 60.4 Å². The molecule has 2 heteroatoms. The third-order valence-corrected chi connectivity index (χ3v) is 11.5. The average Bonchev–Trinajstić information content (AvgIpc) is 3.65. The van der Waals surface area contributed by atoms with Crippen molar-refractivity contribution in [2.75, 3.05) is 4.90 Å².